The predicted octanol–water partition coefficient (Wildman–Crippen LogP) is 13.8. The summed E-state index contributed by atoms with van der Waals surface area (Å²) in [6, 6.07) is 0. The average Bonchev–Trinajstić information content (AvgIpc) is 3.21. The van der Waals surface area contributed by atoms with Crippen LogP contribution in [-0.2, 0) is 32.7 Å². The number of quaternary nitrogens is 1. The Morgan fingerprint density at radius 1 is 0.525 bits per heavy atom. The molecule has 0 spiro atoms. The van der Waals surface area contributed by atoms with E-state index >= 15 is 0 Å². The molecular weight excluding hydrogens is 786 g/mol. The molecular formula is C51H92NO8P. The summed E-state index contributed by atoms with van der Waals surface area (Å²) >= 11 is 0. The molecule has 0 aliphatic rings. The number of carbonyl (C=O) groups is 2. The third-order valence-corrected chi connectivity index (χ3v) is 11.3. The summed E-state index contributed by atoms with van der Waals surface area (Å²) in [6.07, 6.45) is 53.0. The number of carbonyl (C=O) groups excluding carboxylic acids is 2. The van der Waals surface area contributed by atoms with Gasteiger partial charge in [-0.15, -0.1) is 0 Å². The quantitative estimate of drug-likeness (QED) is 0.0196. The topological polar surface area (TPSA) is 111 Å². The molecule has 0 fully saturated rings. The van der Waals surface area contributed by atoms with Gasteiger partial charge in [0.1, 0.15) is 19.8 Å². The lowest BCUT2D eigenvalue weighted by Gasteiger charge is -2.28. The van der Waals surface area contributed by atoms with E-state index in [1.807, 2.05) is 21.1 Å². The summed E-state index contributed by atoms with van der Waals surface area (Å²) in [7, 11) is 1.16. The zero-order valence-electron chi connectivity index (χ0n) is 39.8. The van der Waals surface area contributed by atoms with Crippen molar-refractivity contribution in [1.29, 1.82) is 0 Å². The SMILES string of the molecule is CC/C=C\C/C=C\C/C=C\C/C=C\C/C=C\CCCCCCCCCCCCCCCCCC(=O)OC(COC(=O)CCCCCCCC)COP(=O)([O-])OCC[N+](C)(C)C. The Labute approximate surface area is 375 Å². The van der Waals surface area contributed by atoms with Crippen LogP contribution in [0.5, 0.6) is 0 Å². The molecule has 2 atom stereocenters. The van der Waals surface area contributed by atoms with E-state index in [1.165, 1.54) is 83.5 Å². The highest BCUT2D eigenvalue weighted by molar-refractivity contribution is 7.45. The van der Waals surface area contributed by atoms with Gasteiger partial charge in [-0.3, -0.25) is 14.2 Å². The second-order valence-corrected chi connectivity index (χ2v) is 18.9. The number of likely N-dealkylation sites (N-methyl/N-ethyl adjacent to an activating group) is 1. The van der Waals surface area contributed by atoms with Gasteiger partial charge in [-0.1, -0.05) is 190 Å². The van der Waals surface area contributed by atoms with Crippen molar-refractivity contribution in [1.82, 2.24) is 0 Å². The zero-order valence-corrected chi connectivity index (χ0v) is 40.7. The Morgan fingerprint density at radius 3 is 1.39 bits per heavy atom. The van der Waals surface area contributed by atoms with Gasteiger partial charge in [-0.25, -0.2) is 0 Å². The van der Waals surface area contributed by atoms with E-state index in [1.54, 1.807) is 0 Å². The smallest absolute Gasteiger partial charge is 0.306 e. The molecule has 0 radical (unpaired) electrons. The monoisotopic (exact) mass is 878 g/mol. The predicted molar refractivity (Wildman–Crippen MR) is 254 cm³/mol. The van der Waals surface area contributed by atoms with Crippen molar-refractivity contribution in [2.24, 2.45) is 0 Å². The van der Waals surface area contributed by atoms with Crippen LogP contribution in [0.1, 0.15) is 200 Å². The van der Waals surface area contributed by atoms with Crippen molar-refractivity contribution in [3.63, 3.8) is 0 Å². The Bertz CT molecular complexity index is 1220. The number of allylic oxidation sites excluding steroid dienone is 10. The number of nitrogens with zero attached hydrogens (tertiary/aromatic N) is 1. The first-order valence-corrected chi connectivity index (χ1v) is 26.0. The van der Waals surface area contributed by atoms with Crippen LogP contribution in [0.3, 0.4) is 0 Å². The van der Waals surface area contributed by atoms with E-state index in [2.05, 4.69) is 74.6 Å². The van der Waals surface area contributed by atoms with Gasteiger partial charge in [-0.05, 0) is 57.8 Å². The summed E-state index contributed by atoms with van der Waals surface area (Å²) in [5.41, 5.74) is 0. The lowest BCUT2D eigenvalue weighted by molar-refractivity contribution is -0.870. The van der Waals surface area contributed by atoms with Crippen LogP contribution in [0.15, 0.2) is 60.8 Å². The minimum absolute atomic E-state index is 0.0311. The lowest BCUT2D eigenvalue weighted by atomic mass is 10.0. The van der Waals surface area contributed by atoms with Crippen LogP contribution < -0.4 is 4.89 Å². The Kier molecular flexibility index (Phi) is 41.4. The Balaban J connectivity index is 3.97. The largest absolute Gasteiger partial charge is 0.756 e. The first kappa shape index (κ1) is 58.7. The molecule has 0 N–H and O–H groups in total. The number of phosphoric acid groups is 1. The molecule has 0 aromatic rings. The van der Waals surface area contributed by atoms with Crippen molar-refractivity contribution in [3.05, 3.63) is 60.8 Å². The maximum absolute atomic E-state index is 12.7. The molecule has 0 saturated heterocycles. The third-order valence-electron chi connectivity index (χ3n) is 10.3. The molecule has 0 amide bonds. The molecule has 0 aliphatic heterocycles. The summed E-state index contributed by atoms with van der Waals surface area (Å²) in [6.45, 7) is 4.04. The fourth-order valence-corrected chi connectivity index (χ4v) is 7.23. The maximum atomic E-state index is 12.7. The van der Waals surface area contributed by atoms with E-state index in [0.717, 1.165) is 83.5 Å². The normalized spacial score (nSPS) is 14.0. The van der Waals surface area contributed by atoms with Crippen LogP contribution in [0.25, 0.3) is 0 Å². The van der Waals surface area contributed by atoms with E-state index < -0.39 is 32.5 Å². The van der Waals surface area contributed by atoms with Crippen LogP contribution in [0.4, 0.5) is 0 Å². The third kappa shape index (κ3) is 47.0. The van der Waals surface area contributed by atoms with Gasteiger partial charge in [0.25, 0.3) is 7.82 Å². The average molecular weight is 878 g/mol. The van der Waals surface area contributed by atoms with Crippen LogP contribution >= 0.6 is 7.82 Å². The van der Waals surface area contributed by atoms with Crippen molar-refractivity contribution < 1.29 is 42.1 Å². The van der Waals surface area contributed by atoms with Crippen LogP contribution in [0.2, 0.25) is 0 Å². The number of hydrogen-bond acceptors (Lipinski definition) is 8. The van der Waals surface area contributed by atoms with Crippen LogP contribution in [0, 0.1) is 0 Å². The molecule has 2 unspecified atom stereocenters. The highest BCUT2D eigenvalue weighted by Crippen LogP contribution is 2.38. The van der Waals surface area contributed by atoms with Crippen LogP contribution in [-0.4, -0.2) is 70.0 Å². The fourth-order valence-electron chi connectivity index (χ4n) is 6.51. The first-order chi connectivity index (χ1) is 29.5. The molecule has 0 rings (SSSR count). The van der Waals surface area contributed by atoms with Crippen molar-refractivity contribution in [2.45, 2.75) is 206 Å². The molecule has 0 aliphatic carbocycles. The molecule has 354 valence electrons. The molecule has 10 heteroatoms. The van der Waals surface area contributed by atoms with Gasteiger partial charge in [-0.2, -0.15) is 0 Å². The molecule has 9 nitrogen and oxygen atoms in total. The standard InChI is InChI=1S/C51H92NO8P/c1-6-8-10-12-14-15-16-17-18-19-20-21-22-23-24-25-26-27-28-29-30-31-32-33-34-35-36-37-38-40-42-44-51(54)60-49(47-57-50(53)43-41-39-13-11-9-7-2)48-59-61(55,56)58-46-45-52(3,4)5/h8,10,14-15,17-18,20-21,23-24,49H,6-7,9,11-13,16,19,22,25-48H2,1-5H3/b10-8-,15-14-,18-17-,21-20-,24-23-. The molecule has 61 heavy (non-hydrogen) atoms. The van der Waals surface area contributed by atoms with Gasteiger partial charge in [0.05, 0.1) is 27.7 Å². The van der Waals surface area contributed by atoms with Gasteiger partial charge in [0.2, 0.25) is 0 Å². The number of rotatable bonds is 44. The summed E-state index contributed by atoms with van der Waals surface area (Å²) in [5, 5.41) is 0. The van der Waals surface area contributed by atoms with E-state index in [4.69, 9.17) is 18.5 Å². The highest BCUT2D eigenvalue weighted by atomic mass is 31.2. The molecule has 0 saturated carbocycles. The van der Waals surface area contributed by atoms with E-state index in [0.29, 0.717) is 17.4 Å². The number of phosphoric ester groups is 1. The second kappa shape index (κ2) is 43.0. The second-order valence-electron chi connectivity index (χ2n) is 17.5. The summed E-state index contributed by atoms with van der Waals surface area (Å²) in [4.78, 5) is 37.3. The van der Waals surface area contributed by atoms with Crippen molar-refractivity contribution in [3.8, 4) is 0 Å². The Morgan fingerprint density at radius 2 is 0.934 bits per heavy atom. The molecule has 0 bridgehead atoms. The number of esters is 2. The summed E-state index contributed by atoms with van der Waals surface area (Å²) < 4.78 is 33.8. The fraction of sp³-hybridized carbons (Fsp3) is 0.765. The van der Waals surface area contributed by atoms with E-state index in [9.17, 15) is 19.0 Å². The summed E-state index contributed by atoms with van der Waals surface area (Å²) in [5.74, 6) is -0.843. The number of unbranched alkanes of at least 4 members (excludes halogenated alkanes) is 20. The molecule has 0 aromatic carbocycles. The number of ether oxygens (including phenoxy) is 2. The maximum Gasteiger partial charge on any atom is 0.306 e. The molecule has 0 aromatic heterocycles. The number of hydrogen-bond donors (Lipinski definition) is 0. The van der Waals surface area contributed by atoms with Gasteiger partial charge < -0.3 is 27.9 Å². The molecule has 0 heterocycles. The van der Waals surface area contributed by atoms with Crippen molar-refractivity contribution >= 4 is 19.8 Å². The lowest BCUT2D eigenvalue weighted by Crippen LogP contribution is -2.37. The zero-order chi connectivity index (χ0) is 45.0. The Hall–Kier alpha value is -2.29. The minimum atomic E-state index is -4.62. The van der Waals surface area contributed by atoms with Gasteiger partial charge >= 0.3 is 11.9 Å². The highest BCUT2D eigenvalue weighted by Gasteiger charge is 2.21. The van der Waals surface area contributed by atoms with E-state index in [-0.39, 0.29) is 26.1 Å². The van der Waals surface area contributed by atoms with Crippen molar-refractivity contribution in [2.75, 3.05) is 47.5 Å². The van der Waals surface area contributed by atoms with Gasteiger partial charge in [0, 0.05) is 12.8 Å². The first-order valence-electron chi connectivity index (χ1n) is 24.5. The minimum Gasteiger partial charge on any atom is -0.756 e. The van der Waals surface area contributed by atoms with Gasteiger partial charge in [0.15, 0.2) is 6.10 Å².